The molecule has 0 unspecified atom stereocenters. The molecule has 1 fully saturated rings. The largest absolute Gasteiger partial charge is 0.272 e. The van der Waals surface area contributed by atoms with Gasteiger partial charge in [-0.05, 0) is 49.4 Å². The van der Waals surface area contributed by atoms with E-state index in [0.717, 1.165) is 46.3 Å². The molecule has 1 saturated carbocycles. The van der Waals surface area contributed by atoms with Gasteiger partial charge in [-0.25, -0.2) is 9.37 Å². The zero-order chi connectivity index (χ0) is 20.5. The molecule has 2 atom stereocenters. The highest BCUT2D eigenvalue weighted by Crippen LogP contribution is 2.33. The summed E-state index contributed by atoms with van der Waals surface area (Å²) in [6.07, 6.45) is 7.05. The van der Waals surface area contributed by atoms with E-state index < -0.39 is 6.17 Å². The van der Waals surface area contributed by atoms with Crippen LogP contribution in [0.15, 0.2) is 61.1 Å². The summed E-state index contributed by atoms with van der Waals surface area (Å²) in [5.41, 5.74) is 4.70. The molecule has 0 radical (unpaired) electrons. The molecule has 0 N–H and O–H groups in total. The van der Waals surface area contributed by atoms with Crippen LogP contribution < -0.4 is 0 Å². The van der Waals surface area contributed by atoms with Crippen LogP contribution in [0.5, 0.6) is 0 Å². The van der Waals surface area contributed by atoms with E-state index in [9.17, 15) is 9.65 Å². The molecule has 0 saturated heterocycles. The summed E-state index contributed by atoms with van der Waals surface area (Å²) in [5.74, 6) is 0.331. The fourth-order valence-electron chi connectivity index (χ4n) is 4.23. The highest BCUT2D eigenvalue weighted by atomic mass is 19.1. The van der Waals surface area contributed by atoms with Gasteiger partial charge in [-0.15, -0.1) is 0 Å². The summed E-state index contributed by atoms with van der Waals surface area (Å²) in [4.78, 5) is 9.03. The van der Waals surface area contributed by atoms with E-state index in [1.54, 1.807) is 12.3 Å². The number of pyridine rings is 2. The number of alkyl halides is 1. The molecular weight excluding hydrogens is 377 g/mol. The third kappa shape index (κ3) is 3.55. The Morgan fingerprint density at radius 2 is 2.07 bits per heavy atom. The molecule has 30 heavy (non-hydrogen) atoms. The van der Waals surface area contributed by atoms with Gasteiger partial charge in [0.2, 0.25) is 0 Å². The average molecular weight is 397 g/mol. The molecule has 1 aliphatic rings. The van der Waals surface area contributed by atoms with Gasteiger partial charge in [-0.1, -0.05) is 18.2 Å². The molecule has 5 rings (SSSR count). The lowest BCUT2D eigenvalue weighted by molar-refractivity contribution is 0.320. The van der Waals surface area contributed by atoms with Gasteiger partial charge in [0.05, 0.1) is 17.4 Å². The molecule has 5 nitrogen and oxygen atoms in total. The van der Waals surface area contributed by atoms with E-state index in [-0.39, 0.29) is 0 Å². The number of hydrogen-bond donors (Lipinski definition) is 0. The second-order valence-corrected chi connectivity index (χ2v) is 7.84. The number of nitriles is 1. The first-order valence-electron chi connectivity index (χ1n) is 10.1. The highest BCUT2D eigenvalue weighted by molar-refractivity contribution is 5.87. The Bertz CT molecular complexity index is 1260. The number of nitrogens with zero attached hydrogens (tertiary/aromatic N) is 5. The Hall–Kier alpha value is -3.59. The molecule has 1 aromatic carbocycles. The van der Waals surface area contributed by atoms with E-state index in [0.29, 0.717) is 24.5 Å². The van der Waals surface area contributed by atoms with Crippen molar-refractivity contribution in [1.29, 1.82) is 5.26 Å². The van der Waals surface area contributed by atoms with E-state index in [1.165, 1.54) is 0 Å². The smallest absolute Gasteiger partial charge is 0.141 e. The van der Waals surface area contributed by atoms with Crippen molar-refractivity contribution in [3.63, 3.8) is 0 Å². The predicted molar refractivity (Wildman–Crippen MR) is 113 cm³/mol. The van der Waals surface area contributed by atoms with Crippen LogP contribution in [0.25, 0.3) is 33.3 Å². The zero-order valence-electron chi connectivity index (χ0n) is 16.4. The Balaban J connectivity index is 1.53. The molecule has 6 heteroatoms. The van der Waals surface area contributed by atoms with Crippen molar-refractivity contribution in [3.05, 3.63) is 66.7 Å². The first kappa shape index (κ1) is 18.4. The van der Waals surface area contributed by atoms with Gasteiger partial charge >= 0.3 is 0 Å². The molecule has 0 bridgehead atoms. The lowest BCUT2D eigenvalue weighted by Gasteiger charge is -2.10. The molecular formula is C24H20FN5. The van der Waals surface area contributed by atoms with E-state index in [4.69, 9.17) is 0 Å². The lowest BCUT2D eigenvalue weighted by Crippen LogP contribution is -2.08. The molecule has 1 aliphatic carbocycles. The molecule has 0 spiro atoms. The fourth-order valence-corrected chi connectivity index (χ4v) is 4.23. The summed E-state index contributed by atoms with van der Waals surface area (Å²) in [6, 6.07) is 15.7. The SMILES string of the molecule is N#Cc1ccc(-c2cnn(C[C@H]3CC[C@H](F)C3)c2)c(-c2ccc3cccnc3c2)n1. The molecule has 0 aliphatic heterocycles. The van der Waals surface area contributed by atoms with Crippen LogP contribution in [0.4, 0.5) is 4.39 Å². The normalized spacial score (nSPS) is 18.5. The molecule has 0 amide bonds. The number of hydrogen-bond acceptors (Lipinski definition) is 4. The van der Waals surface area contributed by atoms with Gasteiger partial charge in [0.1, 0.15) is 17.9 Å². The maximum Gasteiger partial charge on any atom is 0.141 e. The van der Waals surface area contributed by atoms with Crippen LogP contribution in [0, 0.1) is 17.2 Å². The monoisotopic (exact) mass is 397 g/mol. The molecule has 148 valence electrons. The molecule has 3 heterocycles. The maximum atomic E-state index is 13.5. The molecule has 3 aromatic heterocycles. The minimum Gasteiger partial charge on any atom is -0.272 e. The minimum atomic E-state index is -0.680. The summed E-state index contributed by atoms with van der Waals surface area (Å²) >= 11 is 0. The second-order valence-electron chi connectivity index (χ2n) is 7.84. The van der Waals surface area contributed by atoms with Crippen LogP contribution in [-0.4, -0.2) is 25.9 Å². The van der Waals surface area contributed by atoms with Crippen molar-refractivity contribution in [2.75, 3.05) is 0 Å². The summed E-state index contributed by atoms with van der Waals surface area (Å²) in [6.45, 7) is 0.722. The Kier molecular flexibility index (Phi) is 4.72. The summed E-state index contributed by atoms with van der Waals surface area (Å²) in [7, 11) is 0. The van der Waals surface area contributed by atoms with Crippen LogP contribution in [0.1, 0.15) is 25.0 Å². The van der Waals surface area contributed by atoms with Gasteiger partial charge < -0.3 is 0 Å². The standard InChI is InChI=1S/C24H20FN5/c25-20-6-3-16(10-20)14-30-15-19(13-28-30)22-8-7-21(12-26)29-24(22)18-5-4-17-2-1-9-27-23(17)11-18/h1-2,4-5,7-9,11,13,15-16,20H,3,6,10,14H2/t16-,20-/m0/s1. The van der Waals surface area contributed by atoms with Gasteiger partial charge in [0, 0.05) is 41.0 Å². The van der Waals surface area contributed by atoms with Crippen LogP contribution in [-0.2, 0) is 6.54 Å². The van der Waals surface area contributed by atoms with Crippen molar-refractivity contribution in [1.82, 2.24) is 19.7 Å². The van der Waals surface area contributed by atoms with Crippen LogP contribution in [0.2, 0.25) is 0 Å². The number of aromatic nitrogens is 4. The summed E-state index contributed by atoms with van der Waals surface area (Å²) in [5, 5.41) is 14.9. The summed E-state index contributed by atoms with van der Waals surface area (Å²) < 4.78 is 15.4. The van der Waals surface area contributed by atoms with Gasteiger partial charge in [0.15, 0.2) is 0 Å². The predicted octanol–water partition coefficient (Wildman–Crippen LogP) is 5.17. The van der Waals surface area contributed by atoms with Crippen molar-refractivity contribution in [2.45, 2.75) is 32.0 Å². The highest BCUT2D eigenvalue weighted by Gasteiger charge is 2.24. The van der Waals surface area contributed by atoms with Crippen LogP contribution in [0.3, 0.4) is 0 Å². The number of rotatable bonds is 4. The van der Waals surface area contributed by atoms with E-state index in [2.05, 4.69) is 21.1 Å². The Labute approximate surface area is 173 Å². The second kappa shape index (κ2) is 7.68. The Morgan fingerprint density at radius 3 is 2.90 bits per heavy atom. The Morgan fingerprint density at radius 1 is 1.13 bits per heavy atom. The molecule has 4 aromatic rings. The van der Waals surface area contributed by atoms with Crippen molar-refractivity contribution < 1.29 is 4.39 Å². The topological polar surface area (TPSA) is 67.4 Å². The van der Waals surface area contributed by atoms with Crippen LogP contribution >= 0.6 is 0 Å². The van der Waals surface area contributed by atoms with E-state index in [1.807, 2.05) is 53.5 Å². The zero-order valence-corrected chi connectivity index (χ0v) is 16.4. The average Bonchev–Trinajstić information content (AvgIpc) is 3.42. The van der Waals surface area contributed by atoms with Gasteiger partial charge in [-0.3, -0.25) is 9.67 Å². The third-order valence-corrected chi connectivity index (χ3v) is 5.76. The number of fused-ring (bicyclic) bond motifs is 1. The van der Waals surface area contributed by atoms with Gasteiger partial charge in [-0.2, -0.15) is 10.4 Å². The number of benzene rings is 1. The van der Waals surface area contributed by atoms with Crippen molar-refractivity contribution >= 4 is 10.9 Å². The first-order valence-corrected chi connectivity index (χ1v) is 10.1. The first-order chi connectivity index (χ1) is 14.7. The minimum absolute atomic E-state index is 0.331. The quantitative estimate of drug-likeness (QED) is 0.476. The maximum absolute atomic E-state index is 13.5. The van der Waals surface area contributed by atoms with Crippen molar-refractivity contribution in [2.24, 2.45) is 5.92 Å². The van der Waals surface area contributed by atoms with Gasteiger partial charge in [0.25, 0.3) is 0 Å². The van der Waals surface area contributed by atoms with E-state index >= 15 is 0 Å². The van der Waals surface area contributed by atoms with Crippen molar-refractivity contribution in [3.8, 4) is 28.5 Å². The number of halogens is 1. The lowest BCUT2D eigenvalue weighted by atomic mass is 10.00. The third-order valence-electron chi connectivity index (χ3n) is 5.76. The fraction of sp³-hybridized carbons (Fsp3) is 0.250.